The number of rotatable bonds is 6. The number of nitrogens with zero attached hydrogens (tertiary/aromatic N) is 3. The van der Waals surface area contributed by atoms with Crippen LogP contribution < -0.4 is 5.32 Å². The number of hydrogen-bond acceptors (Lipinski definition) is 3. The quantitative estimate of drug-likeness (QED) is 0.304. The molecule has 0 unspecified atom stereocenters. The van der Waals surface area contributed by atoms with Crippen molar-refractivity contribution in [2.24, 2.45) is 0 Å². The molecule has 0 aliphatic heterocycles. The number of aromatic nitrogens is 3. The smallest absolute Gasteiger partial charge is 0.256 e. The molecule has 0 aliphatic carbocycles. The van der Waals surface area contributed by atoms with Gasteiger partial charge in [-0.25, -0.2) is 9.67 Å². The van der Waals surface area contributed by atoms with Crippen LogP contribution in [0.2, 0.25) is 0 Å². The highest BCUT2D eigenvalue weighted by Crippen LogP contribution is 2.29. The molecular formula is C30H28N4O. The van der Waals surface area contributed by atoms with Crippen LogP contribution in [0, 0.1) is 6.92 Å². The largest absolute Gasteiger partial charge is 0.322 e. The summed E-state index contributed by atoms with van der Waals surface area (Å²) >= 11 is 0. The molecule has 5 aromatic rings. The number of fused-ring (bicyclic) bond motifs is 1. The Balaban J connectivity index is 1.56. The van der Waals surface area contributed by atoms with Gasteiger partial charge in [-0.1, -0.05) is 56.3 Å². The average Bonchev–Trinajstić information content (AvgIpc) is 3.29. The van der Waals surface area contributed by atoms with Gasteiger partial charge < -0.3 is 5.32 Å². The third-order valence-corrected chi connectivity index (χ3v) is 6.43. The molecule has 5 nitrogen and oxygen atoms in total. The Bertz CT molecular complexity index is 1520. The van der Waals surface area contributed by atoms with E-state index in [1.165, 1.54) is 11.1 Å². The zero-order valence-electron chi connectivity index (χ0n) is 20.2. The van der Waals surface area contributed by atoms with Crippen LogP contribution in [0.1, 0.15) is 41.0 Å². The maximum Gasteiger partial charge on any atom is 0.256 e. The minimum atomic E-state index is -0.154. The fourth-order valence-electron chi connectivity index (χ4n) is 4.36. The summed E-state index contributed by atoms with van der Waals surface area (Å²) in [6.45, 7) is 6.28. The summed E-state index contributed by atoms with van der Waals surface area (Å²) in [5, 5.41) is 8.53. The number of para-hydroxylation sites is 1. The van der Waals surface area contributed by atoms with Gasteiger partial charge in [0.2, 0.25) is 0 Å². The highest BCUT2D eigenvalue weighted by molar-refractivity contribution is 6.13. The minimum absolute atomic E-state index is 0.154. The van der Waals surface area contributed by atoms with Crippen molar-refractivity contribution in [2.75, 3.05) is 5.32 Å². The second-order valence-corrected chi connectivity index (χ2v) is 8.66. The van der Waals surface area contributed by atoms with Crippen molar-refractivity contribution < 1.29 is 4.79 Å². The van der Waals surface area contributed by atoms with Gasteiger partial charge >= 0.3 is 0 Å². The van der Waals surface area contributed by atoms with Gasteiger partial charge in [0.05, 0.1) is 34.4 Å². The number of pyridine rings is 1. The van der Waals surface area contributed by atoms with E-state index in [9.17, 15) is 4.79 Å². The lowest BCUT2D eigenvalue weighted by molar-refractivity contribution is 0.102. The summed E-state index contributed by atoms with van der Waals surface area (Å²) in [6.07, 6.45) is 3.74. The topological polar surface area (TPSA) is 59.8 Å². The molecule has 2 heterocycles. The standard InChI is InChI=1S/C30H28N4O/c1-4-21-13-15-24(16-14-21)34-20(3)27(19-31-34)29-18-26(25-11-6-7-12-28(25)33-29)30(35)32-23-10-8-9-22(5-2)17-23/h6-19H,4-5H2,1-3H3,(H,32,35). The summed E-state index contributed by atoms with van der Waals surface area (Å²) < 4.78 is 1.92. The Labute approximate surface area is 205 Å². The summed E-state index contributed by atoms with van der Waals surface area (Å²) in [4.78, 5) is 18.3. The highest BCUT2D eigenvalue weighted by Gasteiger charge is 2.17. The molecule has 0 radical (unpaired) electrons. The van der Waals surface area contributed by atoms with Crippen molar-refractivity contribution in [3.05, 3.63) is 107 Å². The molecule has 0 atom stereocenters. The zero-order valence-corrected chi connectivity index (χ0v) is 20.2. The molecule has 1 N–H and O–H groups in total. The van der Waals surface area contributed by atoms with Gasteiger partial charge in [0.25, 0.3) is 5.91 Å². The maximum atomic E-state index is 13.4. The molecule has 35 heavy (non-hydrogen) atoms. The van der Waals surface area contributed by atoms with E-state index in [0.29, 0.717) is 5.56 Å². The molecule has 5 rings (SSSR count). The zero-order chi connectivity index (χ0) is 24.4. The van der Waals surface area contributed by atoms with Crippen molar-refractivity contribution in [1.29, 1.82) is 0 Å². The molecular weight excluding hydrogens is 432 g/mol. The second kappa shape index (κ2) is 9.55. The number of aryl methyl sites for hydroxylation is 2. The molecule has 3 aromatic carbocycles. The summed E-state index contributed by atoms with van der Waals surface area (Å²) in [6, 6.07) is 26.0. The third kappa shape index (κ3) is 4.45. The first-order valence-electron chi connectivity index (χ1n) is 12.0. The van der Waals surface area contributed by atoms with Gasteiger partial charge in [-0.15, -0.1) is 0 Å². The lowest BCUT2D eigenvalue weighted by Crippen LogP contribution is -2.13. The van der Waals surface area contributed by atoms with Crippen LogP contribution in [0.3, 0.4) is 0 Å². The summed E-state index contributed by atoms with van der Waals surface area (Å²) in [7, 11) is 0. The minimum Gasteiger partial charge on any atom is -0.322 e. The maximum absolute atomic E-state index is 13.4. The van der Waals surface area contributed by atoms with E-state index in [-0.39, 0.29) is 5.91 Å². The van der Waals surface area contributed by atoms with Crippen LogP contribution in [-0.4, -0.2) is 20.7 Å². The number of amides is 1. The molecule has 5 heteroatoms. The molecule has 2 aromatic heterocycles. The lowest BCUT2D eigenvalue weighted by atomic mass is 10.0. The molecule has 174 valence electrons. The van der Waals surface area contributed by atoms with Crippen LogP contribution in [-0.2, 0) is 12.8 Å². The average molecular weight is 461 g/mol. The Morgan fingerprint density at radius 3 is 2.43 bits per heavy atom. The third-order valence-electron chi connectivity index (χ3n) is 6.43. The van der Waals surface area contributed by atoms with Crippen molar-refractivity contribution in [3.8, 4) is 16.9 Å². The van der Waals surface area contributed by atoms with Gasteiger partial charge in [-0.05, 0) is 67.3 Å². The first kappa shape index (κ1) is 22.5. The predicted molar refractivity (Wildman–Crippen MR) is 142 cm³/mol. The van der Waals surface area contributed by atoms with Gasteiger partial charge in [-0.2, -0.15) is 5.10 Å². The number of carbonyl (C=O) groups excluding carboxylic acids is 1. The van der Waals surface area contributed by atoms with E-state index in [2.05, 4.69) is 54.6 Å². The normalized spacial score (nSPS) is 11.1. The summed E-state index contributed by atoms with van der Waals surface area (Å²) in [5.74, 6) is -0.154. The molecule has 0 spiro atoms. The number of hydrogen-bond donors (Lipinski definition) is 1. The van der Waals surface area contributed by atoms with Crippen LogP contribution in [0.15, 0.2) is 85.1 Å². The van der Waals surface area contributed by atoms with Gasteiger partial charge in [0.1, 0.15) is 0 Å². The van der Waals surface area contributed by atoms with Crippen LogP contribution in [0.5, 0.6) is 0 Å². The Morgan fingerprint density at radius 1 is 0.886 bits per heavy atom. The van der Waals surface area contributed by atoms with E-state index in [4.69, 9.17) is 4.98 Å². The van der Waals surface area contributed by atoms with Gasteiger partial charge in [0.15, 0.2) is 0 Å². The summed E-state index contributed by atoms with van der Waals surface area (Å²) in [5.41, 5.74) is 8.22. The van der Waals surface area contributed by atoms with Crippen molar-refractivity contribution in [1.82, 2.24) is 14.8 Å². The van der Waals surface area contributed by atoms with E-state index >= 15 is 0 Å². The monoisotopic (exact) mass is 460 g/mol. The van der Waals surface area contributed by atoms with Crippen LogP contribution in [0.4, 0.5) is 5.69 Å². The lowest BCUT2D eigenvalue weighted by Gasteiger charge is -2.11. The first-order chi connectivity index (χ1) is 17.1. The molecule has 0 saturated heterocycles. The fraction of sp³-hybridized carbons (Fsp3) is 0.167. The van der Waals surface area contributed by atoms with E-state index in [1.54, 1.807) is 0 Å². The van der Waals surface area contributed by atoms with Crippen molar-refractivity contribution in [3.63, 3.8) is 0 Å². The molecule has 0 fully saturated rings. The SMILES string of the molecule is CCc1ccc(-n2ncc(-c3cc(C(=O)Nc4cccc(CC)c4)c4ccccc4n3)c2C)cc1. The Hall–Kier alpha value is -4.25. The van der Waals surface area contributed by atoms with Crippen molar-refractivity contribution in [2.45, 2.75) is 33.6 Å². The van der Waals surface area contributed by atoms with Crippen molar-refractivity contribution >= 4 is 22.5 Å². The number of carbonyl (C=O) groups is 1. The number of anilines is 1. The first-order valence-corrected chi connectivity index (χ1v) is 12.0. The molecule has 1 amide bonds. The fourth-order valence-corrected chi connectivity index (χ4v) is 4.36. The molecule has 0 bridgehead atoms. The van der Waals surface area contributed by atoms with Gasteiger partial charge in [-0.3, -0.25) is 4.79 Å². The second-order valence-electron chi connectivity index (χ2n) is 8.66. The van der Waals surface area contributed by atoms with E-state index in [0.717, 1.165) is 52.1 Å². The van der Waals surface area contributed by atoms with Crippen LogP contribution >= 0.6 is 0 Å². The number of nitrogens with one attached hydrogen (secondary N) is 1. The highest BCUT2D eigenvalue weighted by atomic mass is 16.1. The van der Waals surface area contributed by atoms with Gasteiger partial charge in [0, 0.05) is 16.6 Å². The Kier molecular flexibility index (Phi) is 6.15. The molecule has 0 aliphatic rings. The predicted octanol–water partition coefficient (Wildman–Crippen LogP) is 6.77. The number of benzene rings is 3. The van der Waals surface area contributed by atoms with E-state index in [1.807, 2.05) is 66.3 Å². The van der Waals surface area contributed by atoms with E-state index < -0.39 is 0 Å². The molecule has 0 saturated carbocycles. The Morgan fingerprint density at radius 2 is 1.66 bits per heavy atom. The van der Waals surface area contributed by atoms with Crippen LogP contribution in [0.25, 0.3) is 27.8 Å².